The van der Waals surface area contributed by atoms with Crippen molar-refractivity contribution in [1.82, 2.24) is 10.3 Å². The molecule has 0 unspecified atom stereocenters. The number of pyridine rings is 1. The standard InChI is InChI=1S/C22H19BrN4O4/c23-17-9-10-19(24-12-17)27-21(29)16-7-4-8-18(11-16)26-20(28)13-25-22(30)31-14-15-5-2-1-3-6-15/h1-12H,13-14H2,(H,25,30)(H,26,28)(H,24,27,29). The molecule has 9 heteroatoms. The fraction of sp³-hybridized carbons (Fsp3) is 0.0909. The lowest BCUT2D eigenvalue weighted by Gasteiger charge is -2.09. The summed E-state index contributed by atoms with van der Waals surface area (Å²) in [6.45, 7) is -0.161. The Balaban J connectivity index is 1.47. The minimum atomic E-state index is -0.700. The van der Waals surface area contributed by atoms with Crippen molar-refractivity contribution in [2.75, 3.05) is 17.2 Å². The SMILES string of the molecule is O=C(CNC(=O)OCc1ccccc1)Nc1cccc(C(=O)Nc2ccc(Br)cn2)c1. The number of carbonyl (C=O) groups excluding carboxylic acids is 3. The van der Waals surface area contributed by atoms with E-state index in [0.29, 0.717) is 17.1 Å². The van der Waals surface area contributed by atoms with E-state index in [-0.39, 0.29) is 19.1 Å². The number of alkyl carbamates (subject to hydrolysis) is 1. The number of benzene rings is 2. The molecule has 3 aromatic rings. The smallest absolute Gasteiger partial charge is 0.407 e. The summed E-state index contributed by atoms with van der Waals surface area (Å²) >= 11 is 3.28. The third-order valence-corrected chi connectivity index (χ3v) is 4.45. The molecule has 158 valence electrons. The minimum absolute atomic E-state index is 0.110. The first kappa shape index (κ1) is 22.0. The maximum absolute atomic E-state index is 12.4. The van der Waals surface area contributed by atoms with E-state index in [1.807, 2.05) is 30.3 Å². The van der Waals surface area contributed by atoms with Crippen LogP contribution in [0.1, 0.15) is 15.9 Å². The number of hydrogen-bond donors (Lipinski definition) is 3. The Kier molecular flexibility index (Phi) is 7.72. The molecule has 0 aliphatic rings. The van der Waals surface area contributed by atoms with Crippen molar-refractivity contribution in [2.45, 2.75) is 6.61 Å². The van der Waals surface area contributed by atoms with Gasteiger partial charge in [0.25, 0.3) is 5.91 Å². The van der Waals surface area contributed by atoms with E-state index in [4.69, 9.17) is 4.74 Å². The van der Waals surface area contributed by atoms with Crippen LogP contribution in [0.2, 0.25) is 0 Å². The lowest BCUT2D eigenvalue weighted by Crippen LogP contribution is -2.33. The molecule has 0 aliphatic heterocycles. The van der Waals surface area contributed by atoms with Crippen molar-refractivity contribution < 1.29 is 19.1 Å². The second-order valence-corrected chi connectivity index (χ2v) is 7.28. The summed E-state index contributed by atoms with van der Waals surface area (Å²) < 4.78 is 5.85. The number of ether oxygens (including phenoxy) is 1. The summed E-state index contributed by atoms with van der Waals surface area (Å²) in [6.07, 6.45) is 0.874. The van der Waals surface area contributed by atoms with Crippen molar-refractivity contribution in [2.24, 2.45) is 0 Å². The zero-order chi connectivity index (χ0) is 22.1. The van der Waals surface area contributed by atoms with E-state index in [0.717, 1.165) is 10.0 Å². The van der Waals surface area contributed by atoms with Crippen LogP contribution in [-0.2, 0) is 16.1 Å². The lowest BCUT2D eigenvalue weighted by atomic mass is 10.2. The third kappa shape index (κ3) is 7.23. The third-order valence-electron chi connectivity index (χ3n) is 3.98. The molecule has 0 aliphatic carbocycles. The largest absolute Gasteiger partial charge is 0.445 e. The van der Waals surface area contributed by atoms with Gasteiger partial charge in [0.05, 0.1) is 0 Å². The molecule has 2 aromatic carbocycles. The second kappa shape index (κ2) is 10.9. The molecule has 1 aromatic heterocycles. The van der Waals surface area contributed by atoms with Gasteiger partial charge in [-0.25, -0.2) is 9.78 Å². The Morgan fingerprint density at radius 1 is 0.935 bits per heavy atom. The van der Waals surface area contributed by atoms with Crippen LogP contribution in [0, 0.1) is 0 Å². The average molecular weight is 483 g/mol. The van der Waals surface area contributed by atoms with Crippen LogP contribution >= 0.6 is 15.9 Å². The van der Waals surface area contributed by atoms with Gasteiger partial charge in [-0.3, -0.25) is 9.59 Å². The minimum Gasteiger partial charge on any atom is -0.445 e. The van der Waals surface area contributed by atoms with E-state index in [1.54, 1.807) is 36.5 Å². The van der Waals surface area contributed by atoms with Crippen molar-refractivity contribution in [3.63, 3.8) is 0 Å². The van der Waals surface area contributed by atoms with Crippen molar-refractivity contribution in [3.8, 4) is 0 Å². The zero-order valence-electron chi connectivity index (χ0n) is 16.3. The Hall–Kier alpha value is -3.72. The molecule has 0 fully saturated rings. The number of hydrogen-bond acceptors (Lipinski definition) is 5. The number of anilines is 2. The summed E-state index contributed by atoms with van der Waals surface area (Å²) in [5.41, 5.74) is 1.61. The topological polar surface area (TPSA) is 109 Å². The van der Waals surface area contributed by atoms with Gasteiger partial charge in [0, 0.05) is 21.9 Å². The molecule has 3 N–H and O–H groups in total. The van der Waals surface area contributed by atoms with Crippen molar-refractivity contribution >= 4 is 45.3 Å². The van der Waals surface area contributed by atoms with Gasteiger partial charge in [0.1, 0.15) is 19.0 Å². The molecule has 0 spiro atoms. The van der Waals surface area contributed by atoms with E-state index in [2.05, 4.69) is 36.9 Å². The fourth-order valence-electron chi connectivity index (χ4n) is 2.51. The Bertz CT molecular complexity index is 1060. The summed E-state index contributed by atoms with van der Waals surface area (Å²) in [7, 11) is 0. The Morgan fingerprint density at radius 3 is 2.48 bits per heavy atom. The summed E-state index contributed by atoms with van der Waals surface area (Å²) in [4.78, 5) is 40.3. The van der Waals surface area contributed by atoms with Gasteiger partial charge in [-0.1, -0.05) is 36.4 Å². The number of aromatic nitrogens is 1. The van der Waals surface area contributed by atoms with Crippen LogP contribution < -0.4 is 16.0 Å². The molecule has 31 heavy (non-hydrogen) atoms. The maximum atomic E-state index is 12.4. The summed E-state index contributed by atoms with van der Waals surface area (Å²) in [5.74, 6) is -0.418. The van der Waals surface area contributed by atoms with Crippen molar-refractivity contribution in [3.05, 3.63) is 88.5 Å². The molecule has 8 nitrogen and oxygen atoms in total. The Morgan fingerprint density at radius 2 is 1.74 bits per heavy atom. The van der Waals surface area contributed by atoms with Crippen LogP contribution in [0.15, 0.2) is 77.4 Å². The number of nitrogens with zero attached hydrogens (tertiary/aromatic N) is 1. The van der Waals surface area contributed by atoms with E-state index in [9.17, 15) is 14.4 Å². The van der Waals surface area contributed by atoms with Gasteiger partial charge >= 0.3 is 6.09 Å². The quantitative estimate of drug-likeness (QED) is 0.472. The highest BCUT2D eigenvalue weighted by Gasteiger charge is 2.10. The predicted molar refractivity (Wildman–Crippen MR) is 120 cm³/mol. The molecule has 0 atom stereocenters. The lowest BCUT2D eigenvalue weighted by molar-refractivity contribution is -0.115. The van der Waals surface area contributed by atoms with E-state index >= 15 is 0 Å². The number of nitrogens with one attached hydrogen (secondary N) is 3. The average Bonchev–Trinajstić information content (AvgIpc) is 2.78. The van der Waals surface area contributed by atoms with Gasteiger partial charge < -0.3 is 20.7 Å². The second-order valence-electron chi connectivity index (χ2n) is 6.36. The molecular weight excluding hydrogens is 464 g/mol. The van der Waals surface area contributed by atoms with Gasteiger partial charge in [0.15, 0.2) is 0 Å². The predicted octanol–water partition coefficient (Wildman–Crippen LogP) is 3.96. The Labute approximate surface area is 187 Å². The fourth-order valence-corrected chi connectivity index (χ4v) is 2.74. The molecule has 0 saturated heterocycles. The first-order chi connectivity index (χ1) is 15.0. The highest BCUT2D eigenvalue weighted by molar-refractivity contribution is 9.10. The molecule has 0 radical (unpaired) electrons. The normalized spacial score (nSPS) is 10.1. The molecular formula is C22H19BrN4O4. The van der Waals surface area contributed by atoms with Gasteiger partial charge in [-0.15, -0.1) is 0 Å². The molecule has 0 saturated carbocycles. The van der Waals surface area contributed by atoms with Crippen LogP contribution in [0.4, 0.5) is 16.3 Å². The summed E-state index contributed by atoms with van der Waals surface area (Å²) in [6, 6.07) is 19.1. The number of rotatable bonds is 7. The van der Waals surface area contributed by atoms with Gasteiger partial charge in [-0.2, -0.15) is 0 Å². The highest BCUT2D eigenvalue weighted by Crippen LogP contribution is 2.14. The molecule has 1 heterocycles. The van der Waals surface area contributed by atoms with Crippen LogP contribution in [0.25, 0.3) is 0 Å². The number of carbonyl (C=O) groups is 3. The van der Waals surface area contributed by atoms with E-state index in [1.165, 1.54) is 6.07 Å². The van der Waals surface area contributed by atoms with E-state index < -0.39 is 12.0 Å². The number of halogens is 1. The zero-order valence-corrected chi connectivity index (χ0v) is 17.9. The maximum Gasteiger partial charge on any atom is 0.407 e. The van der Waals surface area contributed by atoms with Crippen LogP contribution in [0.3, 0.4) is 0 Å². The van der Waals surface area contributed by atoms with Gasteiger partial charge in [0.2, 0.25) is 5.91 Å². The first-order valence-electron chi connectivity index (χ1n) is 9.27. The summed E-state index contributed by atoms with van der Waals surface area (Å²) in [5, 5.41) is 7.69. The van der Waals surface area contributed by atoms with Crippen LogP contribution in [-0.4, -0.2) is 29.4 Å². The highest BCUT2D eigenvalue weighted by atomic mass is 79.9. The first-order valence-corrected chi connectivity index (χ1v) is 10.1. The monoisotopic (exact) mass is 482 g/mol. The number of amides is 3. The molecule has 3 rings (SSSR count). The molecule has 0 bridgehead atoms. The van der Waals surface area contributed by atoms with Crippen molar-refractivity contribution in [1.29, 1.82) is 0 Å². The van der Waals surface area contributed by atoms with Gasteiger partial charge in [-0.05, 0) is 51.8 Å². The molecule has 3 amide bonds. The van der Waals surface area contributed by atoms with Crippen LogP contribution in [0.5, 0.6) is 0 Å².